The molecule has 0 aromatic rings. The van der Waals surface area contributed by atoms with E-state index in [1.54, 1.807) is 6.08 Å². The van der Waals surface area contributed by atoms with Gasteiger partial charge in [-0.05, 0) is 63.7 Å². The Labute approximate surface area is 156 Å². The lowest BCUT2D eigenvalue weighted by atomic mass is 9.38. The van der Waals surface area contributed by atoms with Crippen molar-refractivity contribution in [2.75, 3.05) is 0 Å². The predicted octanol–water partition coefficient (Wildman–Crippen LogP) is 4.77. The van der Waals surface area contributed by atoms with Crippen LogP contribution < -0.4 is 0 Å². The van der Waals surface area contributed by atoms with Crippen molar-refractivity contribution in [3.05, 3.63) is 36.5 Å². The summed E-state index contributed by atoms with van der Waals surface area (Å²) in [6.45, 7) is 9.94. The zero-order chi connectivity index (χ0) is 19.2. The molecule has 2 fully saturated rings. The molecule has 3 heteroatoms. The van der Waals surface area contributed by atoms with Crippen LogP contribution >= 0.6 is 0 Å². The number of Topliss-reactive ketones (excluding diaryl/α,β-unsaturated/α-hetero) is 3. The summed E-state index contributed by atoms with van der Waals surface area (Å²) in [4.78, 5) is 40.2. The first-order valence-electron chi connectivity index (χ1n) is 9.75. The molecular weight excluding hydrogens is 324 g/mol. The van der Waals surface area contributed by atoms with E-state index < -0.39 is 16.2 Å². The van der Waals surface area contributed by atoms with E-state index in [9.17, 15) is 14.4 Å². The van der Waals surface area contributed by atoms with Crippen LogP contribution in [0.25, 0.3) is 0 Å². The Kier molecular flexibility index (Phi) is 4.71. The summed E-state index contributed by atoms with van der Waals surface area (Å²) in [6, 6.07) is 0. The predicted molar refractivity (Wildman–Crippen MR) is 103 cm³/mol. The molecule has 0 spiro atoms. The van der Waals surface area contributed by atoms with E-state index in [1.807, 2.05) is 19.9 Å². The Morgan fingerprint density at radius 1 is 1.19 bits per heavy atom. The standard InChI is InChI=1S/C23H30O3/c1-5-11-23-19(25)14-18(24)22(20(23)26,13-10-16(2)3)15-17-9-7-6-8-12-21(17,23)4/h5-7,10,17H,1,8-9,11-15H2,2-4H3/t17-,21+,22?,23?/m0/s1. The van der Waals surface area contributed by atoms with Gasteiger partial charge in [0.05, 0.1) is 17.3 Å². The third-order valence-electron chi connectivity index (χ3n) is 7.35. The highest BCUT2D eigenvalue weighted by atomic mass is 16.2. The first-order chi connectivity index (χ1) is 12.2. The van der Waals surface area contributed by atoms with Crippen molar-refractivity contribution in [2.24, 2.45) is 22.2 Å². The van der Waals surface area contributed by atoms with Crippen molar-refractivity contribution in [3.8, 4) is 0 Å². The van der Waals surface area contributed by atoms with Gasteiger partial charge in [-0.3, -0.25) is 14.4 Å². The second-order valence-electron chi connectivity index (χ2n) is 8.88. The van der Waals surface area contributed by atoms with E-state index in [1.165, 1.54) is 0 Å². The molecule has 2 saturated carbocycles. The van der Waals surface area contributed by atoms with Gasteiger partial charge >= 0.3 is 0 Å². The summed E-state index contributed by atoms with van der Waals surface area (Å²) < 4.78 is 0. The van der Waals surface area contributed by atoms with E-state index >= 15 is 0 Å². The number of ketones is 3. The molecule has 3 rings (SSSR count). The van der Waals surface area contributed by atoms with Gasteiger partial charge in [0.25, 0.3) is 0 Å². The van der Waals surface area contributed by atoms with Crippen molar-refractivity contribution in [1.29, 1.82) is 0 Å². The Hall–Kier alpha value is -1.77. The van der Waals surface area contributed by atoms with Crippen molar-refractivity contribution in [2.45, 2.75) is 65.7 Å². The normalized spacial score (nSPS) is 39.2. The Morgan fingerprint density at radius 2 is 1.92 bits per heavy atom. The Balaban J connectivity index is 2.23. The fourth-order valence-corrected chi connectivity index (χ4v) is 5.75. The smallest absolute Gasteiger partial charge is 0.161 e. The van der Waals surface area contributed by atoms with Gasteiger partial charge in [0.2, 0.25) is 0 Å². The van der Waals surface area contributed by atoms with E-state index in [2.05, 4.69) is 25.7 Å². The van der Waals surface area contributed by atoms with Gasteiger partial charge in [-0.1, -0.05) is 36.8 Å². The van der Waals surface area contributed by atoms with Crippen molar-refractivity contribution in [3.63, 3.8) is 0 Å². The SMILES string of the molecule is C=CCC12C(=O)CC(=O)C(CC=C(C)C)(C[C@@H]3CC=CCC[C@]31C)C2=O. The molecule has 0 amide bonds. The second kappa shape index (κ2) is 6.44. The monoisotopic (exact) mass is 354 g/mol. The van der Waals surface area contributed by atoms with Crippen LogP contribution in [0.2, 0.25) is 0 Å². The maximum absolute atomic E-state index is 13.9. The molecule has 0 aliphatic heterocycles. The molecule has 0 heterocycles. The summed E-state index contributed by atoms with van der Waals surface area (Å²) >= 11 is 0. The Morgan fingerprint density at radius 3 is 2.58 bits per heavy atom. The molecule has 0 saturated heterocycles. The fourth-order valence-electron chi connectivity index (χ4n) is 5.75. The van der Waals surface area contributed by atoms with Gasteiger partial charge in [-0.25, -0.2) is 0 Å². The summed E-state index contributed by atoms with van der Waals surface area (Å²) in [7, 11) is 0. The third-order valence-corrected chi connectivity index (χ3v) is 7.35. The van der Waals surface area contributed by atoms with Gasteiger partial charge in [-0.2, -0.15) is 0 Å². The molecule has 140 valence electrons. The molecular formula is C23H30O3. The highest BCUT2D eigenvalue weighted by Gasteiger charge is 2.72. The quantitative estimate of drug-likeness (QED) is 0.540. The van der Waals surface area contributed by atoms with Crippen LogP contribution in [-0.4, -0.2) is 17.3 Å². The third kappa shape index (κ3) is 2.35. The minimum Gasteiger partial charge on any atom is -0.298 e. The van der Waals surface area contributed by atoms with Gasteiger partial charge in [0, 0.05) is 0 Å². The highest BCUT2D eigenvalue weighted by Crippen LogP contribution is 2.66. The van der Waals surface area contributed by atoms with Gasteiger partial charge in [0.1, 0.15) is 0 Å². The van der Waals surface area contributed by atoms with Crippen LogP contribution in [0.4, 0.5) is 0 Å². The highest BCUT2D eigenvalue weighted by molar-refractivity contribution is 6.28. The molecule has 0 N–H and O–H groups in total. The van der Waals surface area contributed by atoms with E-state index in [0.29, 0.717) is 19.3 Å². The van der Waals surface area contributed by atoms with Crippen molar-refractivity contribution >= 4 is 17.3 Å². The molecule has 0 radical (unpaired) electrons. The van der Waals surface area contributed by atoms with E-state index in [4.69, 9.17) is 0 Å². The second-order valence-corrected chi connectivity index (χ2v) is 8.88. The lowest BCUT2D eigenvalue weighted by Gasteiger charge is -2.61. The van der Waals surface area contributed by atoms with Crippen LogP contribution in [0, 0.1) is 22.2 Å². The van der Waals surface area contributed by atoms with Crippen LogP contribution in [0.5, 0.6) is 0 Å². The molecule has 0 aromatic heterocycles. The average molecular weight is 354 g/mol. The minimum atomic E-state index is -1.09. The summed E-state index contributed by atoms with van der Waals surface area (Å²) in [6.07, 6.45) is 11.8. The van der Waals surface area contributed by atoms with Crippen LogP contribution in [0.3, 0.4) is 0 Å². The lowest BCUT2D eigenvalue weighted by Crippen LogP contribution is -2.69. The maximum atomic E-state index is 13.9. The summed E-state index contributed by atoms with van der Waals surface area (Å²) in [5.74, 6) is -0.295. The number of fused-ring (bicyclic) bond motifs is 4. The van der Waals surface area contributed by atoms with Crippen LogP contribution in [-0.2, 0) is 14.4 Å². The largest absolute Gasteiger partial charge is 0.298 e. The molecule has 2 bridgehead atoms. The Bertz CT molecular complexity index is 724. The first kappa shape index (κ1) is 19.0. The molecule has 2 unspecified atom stereocenters. The molecule has 3 aliphatic rings. The van der Waals surface area contributed by atoms with Gasteiger partial charge in [-0.15, -0.1) is 6.58 Å². The fraction of sp³-hybridized carbons (Fsp3) is 0.609. The number of allylic oxidation sites excluding steroid dienone is 5. The van der Waals surface area contributed by atoms with Crippen LogP contribution in [0.1, 0.15) is 65.7 Å². The topological polar surface area (TPSA) is 51.2 Å². The maximum Gasteiger partial charge on any atom is 0.161 e. The number of carbonyl (C=O) groups is 3. The zero-order valence-corrected chi connectivity index (χ0v) is 16.3. The molecule has 26 heavy (non-hydrogen) atoms. The minimum absolute atomic E-state index is 0.105. The first-order valence-corrected chi connectivity index (χ1v) is 9.75. The van der Waals surface area contributed by atoms with Crippen molar-refractivity contribution in [1.82, 2.24) is 0 Å². The molecule has 3 nitrogen and oxygen atoms in total. The van der Waals surface area contributed by atoms with E-state index in [-0.39, 0.29) is 29.7 Å². The number of hydrogen-bond donors (Lipinski definition) is 0. The van der Waals surface area contributed by atoms with Crippen molar-refractivity contribution < 1.29 is 14.4 Å². The number of rotatable bonds is 4. The zero-order valence-electron chi connectivity index (χ0n) is 16.3. The van der Waals surface area contributed by atoms with Gasteiger partial charge < -0.3 is 0 Å². The summed E-state index contributed by atoms with van der Waals surface area (Å²) in [5, 5.41) is 0. The van der Waals surface area contributed by atoms with Gasteiger partial charge in [0.15, 0.2) is 17.3 Å². The average Bonchev–Trinajstić information content (AvgIpc) is 2.76. The lowest BCUT2D eigenvalue weighted by molar-refractivity contribution is -0.182. The molecule has 0 aromatic carbocycles. The van der Waals surface area contributed by atoms with E-state index in [0.717, 1.165) is 24.8 Å². The summed E-state index contributed by atoms with van der Waals surface area (Å²) in [5.41, 5.74) is -1.43. The number of carbonyl (C=O) groups excluding carboxylic acids is 3. The number of hydrogen-bond acceptors (Lipinski definition) is 3. The molecule has 3 aliphatic carbocycles. The molecule has 4 atom stereocenters. The van der Waals surface area contributed by atoms with Crippen LogP contribution in [0.15, 0.2) is 36.5 Å².